The van der Waals surface area contributed by atoms with Gasteiger partial charge in [0.2, 0.25) is 0 Å². The highest BCUT2D eigenvalue weighted by atomic mass is 35.5. The monoisotopic (exact) mass is 251 g/mol. The highest BCUT2D eigenvalue weighted by Gasteiger charge is 2.13. The van der Waals surface area contributed by atoms with Crippen LogP contribution < -0.4 is 5.73 Å². The lowest BCUT2D eigenvalue weighted by Crippen LogP contribution is -2.32. The van der Waals surface area contributed by atoms with E-state index in [0.29, 0.717) is 10.6 Å². The van der Waals surface area contributed by atoms with Gasteiger partial charge in [-0.15, -0.1) is 12.4 Å². The van der Waals surface area contributed by atoms with Crippen molar-refractivity contribution in [1.82, 2.24) is 0 Å². The molecule has 0 heterocycles. The highest BCUT2D eigenvalue weighted by Crippen LogP contribution is 2.22. The third-order valence-electron chi connectivity index (χ3n) is 1.79. The number of carbonyl (C=O) groups is 1. The van der Waals surface area contributed by atoms with E-state index in [0.717, 1.165) is 0 Å². The fraction of sp³-hybridized carbons (Fsp3) is 0.222. The molecule has 0 unspecified atom stereocenters. The fourth-order valence-electron chi connectivity index (χ4n) is 1.03. The zero-order valence-corrected chi connectivity index (χ0v) is 9.26. The first-order chi connectivity index (χ1) is 6.50. The van der Waals surface area contributed by atoms with E-state index in [-0.39, 0.29) is 24.6 Å². The third kappa shape index (κ3) is 3.95. The first-order valence-electron chi connectivity index (χ1n) is 3.96. The van der Waals surface area contributed by atoms with Crippen LogP contribution in [0, 0.1) is 0 Å². The van der Waals surface area contributed by atoms with Gasteiger partial charge in [-0.2, -0.15) is 0 Å². The first-order valence-corrected chi connectivity index (χ1v) is 4.34. The maximum Gasteiger partial charge on any atom is 0.320 e. The Labute approximate surface area is 98.1 Å². The number of phenolic OH excluding ortho intramolecular Hbond substituents is 1. The Bertz CT molecular complexity index is 357. The molecule has 1 rings (SSSR count). The van der Waals surface area contributed by atoms with Crippen molar-refractivity contribution in [2.45, 2.75) is 12.5 Å². The molecule has 0 aliphatic heterocycles. The summed E-state index contributed by atoms with van der Waals surface area (Å²) in [6.45, 7) is 0. The van der Waals surface area contributed by atoms with Gasteiger partial charge in [0.1, 0.15) is 11.8 Å². The minimum atomic E-state index is -1.07. The van der Waals surface area contributed by atoms with Crippen LogP contribution in [0.5, 0.6) is 5.75 Å². The van der Waals surface area contributed by atoms with E-state index in [1.807, 2.05) is 0 Å². The van der Waals surface area contributed by atoms with Crippen molar-refractivity contribution >= 4 is 30.0 Å². The molecule has 1 aromatic rings. The Kier molecular flexibility index (Phi) is 5.43. The van der Waals surface area contributed by atoms with Gasteiger partial charge in [-0.05, 0) is 24.1 Å². The van der Waals surface area contributed by atoms with E-state index in [1.54, 1.807) is 6.07 Å². The van der Waals surface area contributed by atoms with Gasteiger partial charge < -0.3 is 15.9 Å². The number of carboxylic acid groups (broad SMARTS) is 1. The minimum Gasteiger partial charge on any atom is -0.508 e. The number of hydrogen-bond acceptors (Lipinski definition) is 3. The Balaban J connectivity index is 0.00000196. The average molecular weight is 252 g/mol. The second-order valence-corrected chi connectivity index (χ2v) is 3.33. The second kappa shape index (κ2) is 5.80. The molecule has 6 heteroatoms. The summed E-state index contributed by atoms with van der Waals surface area (Å²) in [7, 11) is 0. The molecular weight excluding hydrogens is 241 g/mol. The van der Waals surface area contributed by atoms with Crippen molar-refractivity contribution in [3.05, 3.63) is 28.8 Å². The van der Waals surface area contributed by atoms with Crippen LogP contribution in [0.25, 0.3) is 0 Å². The van der Waals surface area contributed by atoms with Crippen LogP contribution in [-0.2, 0) is 11.2 Å². The van der Waals surface area contributed by atoms with Crippen LogP contribution >= 0.6 is 24.0 Å². The van der Waals surface area contributed by atoms with E-state index < -0.39 is 12.0 Å². The maximum atomic E-state index is 10.5. The molecule has 1 atom stereocenters. The molecule has 0 spiro atoms. The van der Waals surface area contributed by atoms with Crippen LogP contribution in [0.15, 0.2) is 18.2 Å². The van der Waals surface area contributed by atoms with E-state index in [1.165, 1.54) is 12.1 Å². The quantitative estimate of drug-likeness (QED) is 0.759. The molecular formula is C9H11Cl2NO3. The molecule has 4 N–H and O–H groups in total. The fourth-order valence-corrected chi connectivity index (χ4v) is 1.28. The van der Waals surface area contributed by atoms with E-state index in [9.17, 15) is 4.79 Å². The van der Waals surface area contributed by atoms with Crippen molar-refractivity contribution in [3.63, 3.8) is 0 Å². The van der Waals surface area contributed by atoms with Crippen LogP contribution in [-0.4, -0.2) is 22.2 Å². The van der Waals surface area contributed by atoms with E-state index in [2.05, 4.69) is 0 Å². The number of phenols is 1. The molecule has 0 saturated carbocycles. The standard InChI is InChI=1S/C9H10ClNO3.ClH/c10-7-4-6(12)2-1-5(7)3-8(11)9(13)14;/h1-2,4,8,12H,3,11H2,(H,13,14);1H/t8-;/m0./s1. The number of carboxylic acids is 1. The number of hydrogen-bond donors (Lipinski definition) is 3. The summed E-state index contributed by atoms with van der Waals surface area (Å²) in [5.41, 5.74) is 5.95. The van der Waals surface area contributed by atoms with E-state index in [4.69, 9.17) is 27.5 Å². The Morgan fingerprint density at radius 3 is 2.60 bits per heavy atom. The lowest BCUT2D eigenvalue weighted by molar-refractivity contribution is -0.138. The predicted octanol–water partition coefficient (Wildman–Crippen LogP) is 1.42. The van der Waals surface area contributed by atoms with Gasteiger partial charge in [-0.25, -0.2) is 0 Å². The zero-order chi connectivity index (χ0) is 10.7. The molecule has 0 aromatic heterocycles. The molecule has 0 amide bonds. The smallest absolute Gasteiger partial charge is 0.320 e. The summed E-state index contributed by atoms with van der Waals surface area (Å²) < 4.78 is 0. The predicted molar refractivity (Wildman–Crippen MR) is 59.7 cm³/mol. The summed E-state index contributed by atoms with van der Waals surface area (Å²) in [5.74, 6) is -1.03. The maximum absolute atomic E-state index is 10.5. The van der Waals surface area contributed by atoms with Gasteiger partial charge in [0.25, 0.3) is 0 Å². The van der Waals surface area contributed by atoms with Gasteiger partial charge in [0.15, 0.2) is 0 Å². The molecule has 0 bridgehead atoms. The minimum absolute atomic E-state index is 0. The van der Waals surface area contributed by atoms with Gasteiger partial charge in [0.05, 0.1) is 0 Å². The Morgan fingerprint density at radius 2 is 2.13 bits per heavy atom. The number of nitrogens with two attached hydrogens (primary N) is 1. The van der Waals surface area contributed by atoms with Crippen LogP contribution in [0.3, 0.4) is 0 Å². The van der Waals surface area contributed by atoms with Crippen molar-refractivity contribution in [2.24, 2.45) is 5.73 Å². The number of rotatable bonds is 3. The summed E-state index contributed by atoms with van der Waals surface area (Å²) in [6, 6.07) is 3.37. The molecule has 0 radical (unpaired) electrons. The molecule has 0 fully saturated rings. The SMILES string of the molecule is Cl.N[C@@H](Cc1ccc(O)cc1Cl)C(=O)O. The molecule has 0 aliphatic carbocycles. The normalized spacial score (nSPS) is 11.6. The average Bonchev–Trinajstić information content (AvgIpc) is 2.09. The molecule has 1 aromatic carbocycles. The third-order valence-corrected chi connectivity index (χ3v) is 2.15. The zero-order valence-electron chi connectivity index (χ0n) is 7.68. The van der Waals surface area contributed by atoms with Crippen LogP contribution in [0.1, 0.15) is 5.56 Å². The largest absolute Gasteiger partial charge is 0.508 e. The van der Waals surface area contributed by atoms with Crippen molar-refractivity contribution < 1.29 is 15.0 Å². The molecule has 4 nitrogen and oxygen atoms in total. The van der Waals surface area contributed by atoms with E-state index >= 15 is 0 Å². The van der Waals surface area contributed by atoms with Gasteiger partial charge in [-0.3, -0.25) is 4.79 Å². The highest BCUT2D eigenvalue weighted by molar-refractivity contribution is 6.31. The second-order valence-electron chi connectivity index (χ2n) is 2.92. The van der Waals surface area contributed by atoms with Crippen LogP contribution in [0.2, 0.25) is 5.02 Å². The topological polar surface area (TPSA) is 83.5 Å². The molecule has 84 valence electrons. The lowest BCUT2D eigenvalue weighted by atomic mass is 10.1. The molecule has 15 heavy (non-hydrogen) atoms. The Morgan fingerprint density at radius 1 is 1.53 bits per heavy atom. The number of benzene rings is 1. The van der Waals surface area contributed by atoms with Crippen molar-refractivity contribution in [2.75, 3.05) is 0 Å². The lowest BCUT2D eigenvalue weighted by Gasteiger charge is -2.08. The summed E-state index contributed by atoms with van der Waals surface area (Å²) in [4.78, 5) is 10.5. The summed E-state index contributed by atoms with van der Waals surface area (Å²) in [6.07, 6.45) is 0.147. The van der Waals surface area contributed by atoms with Gasteiger partial charge >= 0.3 is 5.97 Å². The van der Waals surface area contributed by atoms with Crippen molar-refractivity contribution in [3.8, 4) is 5.75 Å². The van der Waals surface area contributed by atoms with Crippen molar-refractivity contribution in [1.29, 1.82) is 0 Å². The summed E-state index contributed by atoms with van der Waals surface area (Å²) >= 11 is 5.77. The number of halogens is 2. The molecule has 0 aliphatic rings. The first kappa shape index (κ1) is 14.0. The van der Waals surface area contributed by atoms with Gasteiger partial charge in [-0.1, -0.05) is 17.7 Å². The van der Waals surface area contributed by atoms with Crippen LogP contribution in [0.4, 0.5) is 0 Å². The molecule has 0 saturated heterocycles. The number of aliphatic carboxylic acids is 1. The summed E-state index contributed by atoms with van der Waals surface area (Å²) in [5, 5.41) is 17.9. The number of aromatic hydroxyl groups is 1. The van der Waals surface area contributed by atoms with Gasteiger partial charge in [0, 0.05) is 5.02 Å². The Hall–Kier alpha value is -0.970.